The molecule has 0 radical (unpaired) electrons. The molecule has 114 valence electrons. The molecule has 2 nitrogen and oxygen atoms in total. The fourth-order valence-corrected chi connectivity index (χ4v) is 3.98. The van der Waals surface area contributed by atoms with Crippen LogP contribution < -0.4 is 4.90 Å². The lowest BCUT2D eigenvalue weighted by Gasteiger charge is -2.35. The highest BCUT2D eigenvalue weighted by atomic mass is 32.2. The molecule has 0 N–H and O–H groups in total. The van der Waals surface area contributed by atoms with E-state index >= 15 is 0 Å². The standard InChI is InChI=1S/C14H15F3N2S2/c15-14(16,17)11-3-4-12-10(8-11)2-1-5-18(12)9-19-6-7-21-13(19)20/h3-4,8H,1-2,5-7,9H2. The van der Waals surface area contributed by atoms with Crippen molar-refractivity contribution in [3.63, 3.8) is 0 Å². The minimum Gasteiger partial charge on any atom is -0.354 e. The number of nitrogens with zero attached hydrogens (tertiary/aromatic N) is 2. The van der Waals surface area contributed by atoms with E-state index in [9.17, 15) is 13.2 Å². The summed E-state index contributed by atoms with van der Waals surface area (Å²) in [6.45, 7) is 2.45. The number of benzene rings is 1. The van der Waals surface area contributed by atoms with E-state index in [1.807, 2.05) is 0 Å². The van der Waals surface area contributed by atoms with Crippen molar-refractivity contribution in [2.24, 2.45) is 0 Å². The Balaban J connectivity index is 1.83. The van der Waals surface area contributed by atoms with Gasteiger partial charge in [-0.15, -0.1) is 0 Å². The van der Waals surface area contributed by atoms with Crippen LogP contribution in [0.25, 0.3) is 0 Å². The molecule has 1 fully saturated rings. The van der Waals surface area contributed by atoms with Gasteiger partial charge in [-0.2, -0.15) is 13.2 Å². The Morgan fingerprint density at radius 3 is 2.67 bits per heavy atom. The summed E-state index contributed by atoms with van der Waals surface area (Å²) in [6, 6.07) is 4.07. The fourth-order valence-electron chi connectivity index (χ4n) is 2.76. The Bertz CT molecular complexity index is 560. The van der Waals surface area contributed by atoms with Gasteiger partial charge in [-0.3, -0.25) is 0 Å². The van der Waals surface area contributed by atoms with Crippen molar-refractivity contribution >= 4 is 34.0 Å². The van der Waals surface area contributed by atoms with Gasteiger partial charge in [0, 0.05) is 24.5 Å². The van der Waals surface area contributed by atoms with E-state index < -0.39 is 11.7 Å². The highest BCUT2D eigenvalue weighted by Gasteiger charge is 2.32. The van der Waals surface area contributed by atoms with E-state index in [0.717, 1.165) is 40.8 Å². The molecule has 1 aromatic rings. The average molecular weight is 332 g/mol. The third-order valence-corrected chi connectivity index (χ3v) is 5.31. The van der Waals surface area contributed by atoms with Crippen molar-refractivity contribution < 1.29 is 13.2 Å². The van der Waals surface area contributed by atoms with Crippen LogP contribution in [0.2, 0.25) is 0 Å². The van der Waals surface area contributed by atoms with E-state index in [4.69, 9.17) is 12.2 Å². The summed E-state index contributed by atoms with van der Waals surface area (Å²) in [5, 5.41) is 0. The maximum Gasteiger partial charge on any atom is 0.416 e. The number of aryl methyl sites for hydroxylation is 1. The summed E-state index contributed by atoms with van der Waals surface area (Å²) in [7, 11) is 0. The van der Waals surface area contributed by atoms with Crippen LogP contribution in [0.3, 0.4) is 0 Å². The maximum atomic E-state index is 12.8. The van der Waals surface area contributed by atoms with Gasteiger partial charge in [0.05, 0.1) is 12.2 Å². The second-order valence-corrected chi connectivity index (χ2v) is 6.96. The predicted molar refractivity (Wildman–Crippen MR) is 83.7 cm³/mol. The average Bonchev–Trinajstić information content (AvgIpc) is 2.83. The zero-order chi connectivity index (χ0) is 15.0. The minimum absolute atomic E-state index is 0.560. The molecule has 1 aromatic carbocycles. The van der Waals surface area contributed by atoms with Crippen LogP contribution in [0.5, 0.6) is 0 Å². The number of thiocarbonyl (C=S) groups is 1. The first kappa shape index (κ1) is 15.0. The van der Waals surface area contributed by atoms with Gasteiger partial charge in [-0.1, -0.05) is 24.0 Å². The summed E-state index contributed by atoms with van der Waals surface area (Å²) < 4.78 is 39.3. The molecule has 0 spiro atoms. The molecule has 3 rings (SSSR count). The monoisotopic (exact) mass is 332 g/mol. The number of rotatable bonds is 2. The van der Waals surface area contributed by atoms with E-state index in [0.29, 0.717) is 13.1 Å². The molecule has 0 amide bonds. The molecule has 21 heavy (non-hydrogen) atoms. The number of alkyl halides is 3. The Hall–Kier alpha value is -0.950. The summed E-state index contributed by atoms with van der Waals surface area (Å²) in [4.78, 5) is 4.25. The van der Waals surface area contributed by atoms with Gasteiger partial charge < -0.3 is 9.80 Å². The molecule has 0 unspecified atom stereocenters. The van der Waals surface area contributed by atoms with Gasteiger partial charge in [-0.25, -0.2) is 0 Å². The van der Waals surface area contributed by atoms with Gasteiger partial charge in [-0.05, 0) is 36.6 Å². The largest absolute Gasteiger partial charge is 0.416 e. The van der Waals surface area contributed by atoms with Crippen LogP contribution in [0, 0.1) is 0 Å². The van der Waals surface area contributed by atoms with E-state index in [2.05, 4.69) is 9.80 Å². The van der Waals surface area contributed by atoms with E-state index in [1.54, 1.807) is 17.8 Å². The van der Waals surface area contributed by atoms with Gasteiger partial charge in [0.25, 0.3) is 0 Å². The molecule has 2 aliphatic rings. The molecule has 0 aromatic heterocycles. The van der Waals surface area contributed by atoms with Crippen molar-refractivity contribution in [1.82, 2.24) is 4.90 Å². The lowest BCUT2D eigenvalue weighted by Crippen LogP contribution is -2.40. The number of halogens is 3. The Morgan fingerprint density at radius 1 is 1.19 bits per heavy atom. The quantitative estimate of drug-likeness (QED) is 0.761. The lowest BCUT2D eigenvalue weighted by molar-refractivity contribution is -0.137. The smallest absolute Gasteiger partial charge is 0.354 e. The molecule has 7 heteroatoms. The summed E-state index contributed by atoms with van der Waals surface area (Å²) in [6.07, 6.45) is -2.69. The molecule has 2 aliphatic heterocycles. The lowest BCUT2D eigenvalue weighted by atomic mass is 9.99. The van der Waals surface area contributed by atoms with Crippen molar-refractivity contribution in [2.45, 2.75) is 19.0 Å². The van der Waals surface area contributed by atoms with Crippen LogP contribution in [-0.4, -0.2) is 34.7 Å². The Kier molecular flexibility index (Phi) is 4.05. The fraction of sp³-hybridized carbons (Fsp3) is 0.500. The topological polar surface area (TPSA) is 6.48 Å². The van der Waals surface area contributed by atoms with E-state index in [1.165, 1.54) is 12.1 Å². The van der Waals surface area contributed by atoms with Crippen LogP contribution >= 0.6 is 24.0 Å². The second-order valence-electron chi connectivity index (χ2n) is 5.23. The first-order chi connectivity index (χ1) is 9.95. The third-order valence-electron chi connectivity index (χ3n) is 3.81. The van der Waals surface area contributed by atoms with Crippen LogP contribution in [0.1, 0.15) is 17.5 Å². The molecular weight excluding hydrogens is 317 g/mol. The SMILES string of the molecule is FC(F)(F)c1ccc2c(c1)CCCN2CN1CCSC1=S. The zero-order valence-electron chi connectivity index (χ0n) is 11.3. The molecule has 0 aliphatic carbocycles. The first-order valence-electron chi connectivity index (χ1n) is 6.82. The maximum absolute atomic E-state index is 12.8. The molecule has 1 saturated heterocycles. The predicted octanol–water partition coefficient (Wildman–Crippen LogP) is 3.75. The van der Waals surface area contributed by atoms with Crippen molar-refractivity contribution in [3.8, 4) is 0 Å². The summed E-state index contributed by atoms with van der Waals surface area (Å²) in [5.41, 5.74) is 1.14. The second kappa shape index (κ2) is 5.68. The number of anilines is 1. The van der Waals surface area contributed by atoms with Crippen molar-refractivity contribution in [2.75, 3.05) is 30.4 Å². The summed E-state index contributed by atoms with van der Waals surface area (Å²) >= 11 is 6.95. The molecular formula is C14H15F3N2S2. The van der Waals surface area contributed by atoms with Gasteiger partial charge in [0.15, 0.2) is 0 Å². The zero-order valence-corrected chi connectivity index (χ0v) is 13.0. The summed E-state index contributed by atoms with van der Waals surface area (Å²) in [5.74, 6) is 0.993. The number of fused-ring (bicyclic) bond motifs is 1. The van der Waals surface area contributed by atoms with Crippen LogP contribution in [0.15, 0.2) is 18.2 Å². The normalized spacial score (nSPS) is 19.1. The number of hydrogen-bond donors (Lipinski definition) is 0. The number of thioether (sulfide) groups is 1. The van der Waals surface area contributed by atoms with Crippen LogP contribution in [0.4, 0.5) is 18.9 Å². The van der Waals surface area contributed by atoms with Gasteiger partial charge >= 0.3 is 6.18 Å². The molecule has 0 atom stereocenters. The molecule has 2 heterocycles. The van der Waals surface area contributed by atoms with Gasteiger partial charge in [0.2, 0.25) is 0 Å². The molecule has 0 bridgehead atoms. The van der Waals surface area contributed by atoms with E-state index in [-0.39, 0.29) is 0 Å². The highest BCUT2D eigenvalue weighted by Crippen LogP contribution is 2.35. The number of hydrogen-bond acceptors (Lipinski definition) is 3. The first-order valence-corrected chi connectivity index (χ1v) is 8.21. The third kappa shape index (κ3) is 3.13. The molecule has 0 saturated carbocycles. The Morgan fingerprint density at radius 2 is 2.00 bits per heavy atom. The van der Waals surface area contributed by atoms with Crippen molar-refractivity contribution in [1.29, 1.82) is 0 Å². The Labute approximate surface area is 131 Å². The highest BCUT2D eigenvalue weighted by molar-refractivity contribution is 8.23. The van der Waals surface area contributed by atoms with Crippen LogP contribution in [-0.2, 0) is 12.6 Å². The van der Waals surface area contributed by atoms with Gasteiger partial charge in [0.1, 0.15) is 4.32 Å². The minimum atomic E-state index is -4.27. The van der Waals surface area contributed by atoms with Crippen molar-refractivity contribution in [3.05, 3.63) is 29.3 Å².